The maximum Gasteiger partial charge on any atom is 0.165 e. The van der Waals surface area contributed by atoms with Crippen LogP contribution in [0, 0.1) is 5.82 Å². The predicted molar refractivity (Wildman–Crippen MR) is 74.5 cm³/mol. The highest BCUT2D eigenvalue weighted by atomic mass is 79.9. The molecule has 0 aromatic heterocycles. The number of anilines is 1. The average molecular weight is 331 g/mol. The van der Waals surface area contributed by atoms with Crippen LogP contribution in [0.25, 0.3) is 0 Å². The zero-order valence-electron chi connectivity index (χ0n) is 9.25. The summed E-state index contributed by atoms with van der Waals surface area (Å²) in [6, 6.07) is 9.82. The molecule has 0 amide bonds. The van der Waals surface area contributed by atoms with Gasteiger partial charge in [0.15, 0.2) is 11.6 Å². The third-order valence-corrected chi connectivity index (χ3v) is 3.69. The van der Waals surface area contributed by atoms with E-state index in [-0.39, 0.29) is 5.75 Å². The molecule has 18 heavy (non-hydrogen) atoms. The summed E-state index contributed by atoms with van der Waals surface area (Å²) in [6.45, 7) is 0.331. The lowest BCUT2D eigenvalue weighted by atomic mass is 10.2. The van der Waals surface area contributed by atoms with E-state index in [0.29, 0.717) is 17.1 Å². The number of aromatic hydroxyl groups is 1. The van der Waals surface area contributed by atoms with Gasteiger partial charge in [-0.2, -0.15) is 0 Å². The van der Waals surface area contributed by atoms with Gasteiger partial charge in [-0.25, -0.2) is 4.39 Å². The molecule has 0 aliphatic rings. The van der Waals surface area contributed by atoms with Crippen molar-refractivity contribution < 1.29 is 9.50 Å². The van der Waals surface area contributed by atoms with E-state index < -0.39 is 5.82 Å². The lowest BCUT2D eigenvalue weighted by Gasteiger charge is -2.09. The molecule has 94 valence electrons. The topological polar surface area (TPSA) is 32.3 Å². The fourth-order valence-electron chi connectivity index (χ4n) is 1.51. The monoisotopic (exact) mass is 329 g/mol. The van der Waals surface area contributed by atoms with E-state index in [1.165, 1.54) is 6.07 Å². The van der Waals surface area contributed by atoms with Crippen molar-refractivity contribution in [1.29, 1.82) is 0 Å². The van der Waals surface area contributed by atoms with Gasteiger partial charge in [-0.15, -0.1) is 0 Å². The minimum absolute atomic E-state index is 0.321. The summed E-state index contributed by atoms with van der Waals surface area (Å²) in [7, 11) is 0. The average Bonchev–Trinajstić information content (AvgIpc) is 2.35. The van der Waals surface area contributed by atoms with Gasteiger partial charge in [0.25, 0.3) is 0 Å². The molecular formula is C13H10BrClFNO. The second-order valence-corrected chi connectivity index (χ2v) is 4.99. The zero-order valence-corrected chi connectivity index (χ0v) is 11.6. The Bertz CT molecular complexity index is 577. The van der Waals surface area contributed by atoms with Gasteiger partial charge in [0.2, 0.25) is 0 Å². The van der Waals surface area contributed by atoms with Crippen molar-refractivity contribution in [2.24, 2.45) is 0 Å². The molecular weight excluding hydrogens is 321 g/mol. The third-order valence-electron chi connectivity index (χ3n) is 2.47. The Morgan fingerprint density at radius 3 is 2.78 bits per heavy atom. The van der Waals surface area contributed by atoms with Gasteiger partial charge in [0.1, 0.15) is 0 Å². The molecule has 0 saturated carbocycles. The quantitative estimate of drug-likeness (QED) is 0.864. The number of benzene rings is 2. The minimum atomic E-state index is -0.619. The van der Waals surface area contributed by atoms with Crippen LogP contribution in [0.5, 0.6) is 5.75 Å². The van der Waals surface area contributed by atoms with Crippen molar-refractivity contribution in [3.63, 3.8) is 0 Å². The van der Waals surface area contributed by atoms with Crippen LogP contribution >= 0.6 is 27.5 Å². The van der Waals surface area contributed by atoms with Crippen molar-refractivity contribution in [1.82, 2.24) is 0 Å². The van der Waals surface area contributed by atoms with Crippen LogP contribution in [0.3, 0.4) is 0 Å². The molecule has 0 radical (unpaired) electrons. The standard InChI is InChI=1S/C13H10BrClFNO/c14-10-6-9(4-5-11(10)15)17-7-8-2-1-3-12(16)13(8)18/h1-6,17-18H,7H2. The number of phenols is 1. The lowest BCUT2D eigenvalue weighted by molar-refractivity contribution is 0.427. The molecule has 0 fully saturated rings. The van der Waals surface area contributed by atoms with E-state index in [0.717, 1.165) is 10.2 Å². The first-order valence-electron chi connectivity index (χ1n) is 5.23. The second kappa shape index (κ2) is 5.59. The molecule has 2 rings (SSSR count). The number of hydrogen-bond donors (Lipinski definition) is 2. The summed E-state index contributed by atoms with van der Waals surface area (Å²) in [5.74, 6) is -0.940. The largest absolute Gasteiger partial charge is 0.505 e. The summed E-state index contributed by atoms with van der Waals surface area (Å²) < 4.78 is 13.9. The van der Waals surface area contributed by atoms with Gasteiger partial charge < -0.3 is 10.4 Å². The Morgan fingerprint density at radius 1 is 1.28 bits per heavy atom. The Balaban J connectivity index is 2.11. The third kappa shape index (κ3) is 2.94. The first-order valence-corrected chi connectivity index (χ1v) is 6.40. The fraction of sp³-hybridized carbons (Fsp3) is 0.0769. The maximum atomic E-state index is 13.1. The smallest absolute Gasteiger partial charge is 0.165 e. The molecule has 5 heteroatoms. The maximum absolute atomic E-state index is 13.1. The zero-order chi connectivity index (χ0) is 13.1. The van der Waals surface area contributed by atoms with Crippen LogP contribution in [0.4, 0.5) is 10.1 Å². The molecule has 0 bridgehead atoms. The lowest BCUT2D eigenvalue weighted by Crippen LogP contribution is -2.00. The molecule has 0 heterocycles. The number of rotatable bonds is 3. The molecule has 0 unspecified atom stereocenters. The van der Waals surface area contributed by atoms with E-state index in [1.807, 2.05) is 12.1 Å². The normalized spacial score (nSPS) is 10.4. The van der Waals surface area contributed by atoms with Crippen LogP contribution < -0.4 is 5.32 Å². The molecule has 0 spiro atoms. The van der Waals surface area contributed by atoms with E-state index >= 15 is 0 Å². The molecule has 2 aromatic carbocycles. The molecule has 0 atom stereocenters. The molecule has 0 aliphatic heterocycles. The highest BCUT2D eigenvalue weighted by Gasteiger charge is 2.06. The van der Waals surface area contributed by atoms with Crippen molar-refractivity contribution in [2.75, 3.05) is 5.32 Å². The van der Waals surface area contributed by atoms with Gasteiger partial charge in [-0.3, -0.25) is 0 Å². The van der Waals surface area contributed by atoms with Crippen LogP contribution in [-0.4, -0.2) is 5.11 Å². The Hall–Kier alpha value is -1.26. The number of halogens is 3. The van der Waals surface area contributed by atoms with E-state index in [4.69, 9.17) is 11.6 Å². The van der Waals surface area contributed by atoms with Crippen molar-refractivity contribution in [3.8, 4) is 5.75 Å². The number of para-hydroxylation sites is 1. The summed E-state index contributed by atoms with van der Waals surface area (Å²) in [5.41, 5.74) is 1.33. The molecule has 2 nitrogen and oxygen atoms in total. The van der Waals surface area contributed by atoms with Gasteiger partial charge in [0.05, 0.1) is 5.02 Å². The van der Waals surface area contributed by atoms with Gasteiger partial charge in [0, 0.05) is 22.3 Å². The van der Waals surface area contributed by atoms with Gasteiger partial charge >= 0.3 is 0 Å². The van der Waals surface area contributed by atoms with Crippen LogP contribution in [0.2, 0.25) is 5.02 Å². The summed E-state index contributed by atoms with van der Waals surface area (Å²) >= 11 is 9.20. The summed E-state index contributed by atoms with van der Waals surface area (Å²) in [4.78, 5) is 0. The van der Waals surface area contributed by atoms with E-state index in [1.54, 1.807) is 18.2 Å². The van der Waals surface area contributed by atoms with Crippen LogP contribution in [0.15, 0.2) is 40.9 Å². The minimum Gasteiger partial charge on any atom is -0.505 e. The fourth-order valence-corrected chi connectivity index (χ4v) is 2.00. The van der Waals surface area contributed by atoms with Gasteiger partial charge in [-0.1, -0.05) is 23.7 Å². The van der Waals surface area contributed by atoms with Crippen molar-refractivity contribution in [3.05, 3.63) is 57.3 Å². The first-order chi connectivity index (χ1) is 8.58. The van der Waals surface area contributed by atoms with Crippen molar-refractivity contribution in [2.45, 2.75) is 6.54 Å². The Morgan fingerprint density at radius 2 is 2.06 bits per heavy atom. The highest BCUT2D eigenvalue weighted by Crippen LogP contribution is 2.27. The SMILES string of the molecule is Oc1c(F)cccc1CNc1ccc(Cl)c(Br)c1. The molecule has 0 saturated heterocycles. The molecule has 0 aliphatic carbocycles. The van der Waals surface area contributed by atoms with Crippen LogP contribution in [-0.2, 0) is 6.54 Å². The summed E-state index contributed by atoms with van der Waals surface area (Å²) in [5, 5.41) is 13.2. The Kier molecular flexibility index (Phi) is 4.09. The predicted octanol–water partition coefficient (Wildman–Crippen LogP) is 4.56. The number of nitrogens with one attached hydrogen (secondary N) is 1. The second-order valence-electron chi connectivity index (χ2n) is 3.73. The van der Waals surface area contributed by atoms with E-state index in [2.05, 4.69) is 21.2 Å². The number of hydrogen-bond acceptors (Lipinski definition) is 2. The molecule has 2 aromatic rings. The molecule has 2 N–H and O–H groups in total. The van der Waals surface area contributed by atoms with E-state index in [9.17, 15) is 9.50 Å². The van der Waals surface area contributed by atoms with Gasteiger partial charge in [-0.05, 0) is 40.2 Å². The number of phenolic OH excluding ortho intramolecular Hbond substituents is 1. The highest BCUT2D eigenvalue weighted by molar-refractivity contribution is 9.10. The first kappa shape index (κ1) is 13.2. The van der Waals surface area contributed by atoms with Crippen LogP contribution in [0.1, 0.15) is 5.56 Å². The summed E-state index contributed by atoms with van der Waals surface area (Å²) in [6.07, 6.45) is 0. The van der Waals surface area contributed by atoms with Crippen molar-refractivity contribution >= 4 is 33.2 Å². The Labute approximate surface area is 118 Å².